The maximum absolute atomic E-state index is 11.3. The van der Waals surface area contributed by atoms with E-state index in [0.29, 0.717) is 6.54 Å². The highest BCUT2D eigenvalue weighted by Crippen LogP contribution is 2.23. The van der Waals surface area contributed by atoms with Crippen LogP contribution in [0.4, 0.5) is 0 Å². The summed E-state index contributed by atoms with van der Waals surface area (Å²) in [5.74, 6) is -0.318. The SMILES string of the molecule is NC(=O)C1CNCc2c3c(nn21)CCNC3. The van der Waals surface area contributed by atoms with Crippen molar-refractivity contribution in [2.24, 2.45) is 5.73 Å². The number of amides is 1. The largest absolute Gasteiger partial charge is 0.368 e. The number of nitrogens with zero attached hydrogens (tertiary/aromatic N) is 2. The van der Waals surface area contributed by atoms with Gasteiger partial charge in [-0.2, -0.15) is 5.10 Å². The fourth-order valence-corrected chi connectivity index (χ4v) is 2.46. The van der Waals surface area contributed by atoms with Gasteiger partial charge in [-0.1, -0.05) is 0 Å². The highest BCUT2D eigenvalue weighted by Gasteiger charge is 2.29. The molecule has 6 nitrogen and oxygen atoms in total. The molecule has 4 N–H and O–H groups in total. The summed E-state index contributed by atoms with van der Waals surface area (Å²) in [5.41, 5.74) is 8.85. The first-order valence-corrected chi connectivity index (χ1v) is 5.57. The molecule has 0 radical (unpaired) electrons. The lowest BCUT2D eigenvalue weighted by atomic mass is 10.1. The zero-order valence-electron chi connectivity index (χ0n) is 8.99. The molecule has 86 valence electrons. The molecule has 16 heavy (non-hydrogen) atoms. The van der Waals surface area contributed by atoms with E-state index in [1.54, 1.807) is 0 Å². The van der Waals surface area contributed by atoms with Crippen LogP contribution >= 0.6 is 0 Å². The third-order valence-corrected chi connectivity index (χ3v) is 3.30. The van der Waals surface area contributed by atoms with Crippen molar-refractivity contribution in [2.45, 2.75) is 25.6 Å². The molecule has 1 amide bonds. The molecule has 0 spiro atoms. The van der Waals surface area contributed by atoms with E-state index in [4.69, 9.17) is 5.73 Å². The Morgan fingerprint density at radius 2 is 2.31 bits per heavy atom. The number of primary amides is 1. The summed E-state index contributed by atoms with van der Waals surface area (Å²) in [7, 11) is 0. The predicted octanol–water partition coefficient (Wildman–Crippen LogP) is -1.34. The normalized spacial score (nSPS) is 23.6. The predicted molar refractivity (Wildman–Crippen MR) is 57.6 cm³/mol. The maximum atomic E-state index is 11.3. The fraction of sp³-hybridized carbons (Fsp3) is 0.600. The van der Waals surface area contributed by atoms with Gasteiger partial charge in [0.25, 0.3) is 0 Å². The summed E-state index contributed by atoms with van der Waals surface area (Å²) in [6.07, 6.45) is 0.931. The van der Waals surface area contributed by atoms with Crippen molar-refractivity contribution in [2.75, 3.05) is 13.1 Å². The molecule has 1 aromatic rings. The number of nitrogens with one attached hydrogen (secondary N) is 2. The van der Waals surface area contributed by atoms with Crippen molar-refractivity contribution >= 4 is 5.91 Å². The van der Waals surface area contributed by atoms with Crippen LogP contribution < -0.4 is 16.4 Å². The Labute approximate surface area is 93.2 Å². The molecular formula is C10H15N5O. The smallest absolute Gasteiger partial charge is 0.243 e. The van der Waals surface area contributed by atoms with Crippen LogP contribution in [-0.2, 0) is 24.3 Å². The molecule has 1 aromatic heterocycles. The average molecular weight is 221 g/mol. The van der Waals surface area contributed by atoms with Crippen LogP contribution in [0.3, 0.4) is 0 Å². The van der Waals surface area contributed by atoms with Gasteiger partial charge in [-0.25, -0.2) is 0 Å². The summed E-state index contributed by atoms with van der Waals surface area (Å²) in [6.45, 7) is 3.15. The second kappa shape index (κ2) is 3.57. The molecule has 2 aliphatic rings. The number of carbonyl (C=O) groups excluding carboxylic acids is 1. The molecule has 0 bridgehead atoms. The summed E-state index contributed by atoms with van der Waals surface area (Å²) in [6, 6.07) is -0.339. The number of hydrogen-bond donors (Lipinski definition) is 3. The Morgan fingerprint density at radius 3 is 3.12 bits per heavy atom. The van der Waals surface area contributed by atoms with Crippen LogP contribution in [0, 0.1) is 0 Å². The Kier molecular flexibility index (Phi) is 2.19. The summed E-state index contributed by atoms with van der Waals surface area (Å²) >= 11 is 0. The van der Waals surface area contributed by atoms with E-state index in [-0.39, 0.29) is 11.9 Å². The molecule has 0 aliphatic carbocycles. The quantitative estimate of drug-likeness (QED) is 0.548. The molecule has 0 saturated carbocycles. The molecule has 6 heteroatoms. The summed E-state index contributed by atoms with van der Waals surface area (Å²) in [4.78, 5) is 11.3. The number of rotatable bonds is 1. The first kappa shape index (κ1) is 9.80. The Hall–Kier alpha value is -1.40. The first-order valence-electron chi connectivity index (χ1n) is 5.57. The van der Waals surface area contributed by atoms with E-state index in [0.717, 1.165) is 37.4 Å². The lowest BCUT2D eigenvalue weighted by molar-refractivity contribution is -0.121. The average Bonchev–Trinajstić information content (AvgIpc) is 2.67. The van der Waals surface area contributed by atoms with E-state index >= 15 is 0 Å². The third-order valence-electron chi connectivity index (χ3n) is 3.30. The van der Waals surface area contributed by atoms with E-state index in [9.17, 15) is 4.79 Å². The zero-order chi connectivity index (χ0) is 11.1. The third kappa shape index (κ3) is 1.34. The highest BCUT2D eigenvalue weighted by molar-refractivity contribution is 5.78. The Balaban J connectivity index is 2.08. The Morgan fingerprint density at radius 1 is 1.44 bits per heavy atom. The van der Waals surface area contributed by atoms with Crippen LogP contribution in [0.1, 0.15) is 23.0 Å². The molecule has 0 fully saturated rings. The molecule has 0 saturated heterocycles. The molecular weight excluding hydrogens is 206 g/mol. The molecule has 1 atom stereocenters. The number of fused-ring (bicyclic) bond motifs is 3. The minimum atomic E-state index is -0.339. The van der Waals surface area contributed by atoms with Gasteiger partial charge < -0.3 is 16.4 Å². The van der Waals surface area contributed by atoms with Crippen molar-refractivity contribution in [1.82, 2.24) is 20.4 Å². The van der Waals surface area contributed by atoms with Gasteiger partial charge in [0.05, 0.1) is 11.4 Å². The summed E-state index contributed by atoms with van der Waals surface area (Å²) in [5, 5.41) is 11.1. The van der Waals surface area contributed by atoms with Gasteiger partial charge in [-0.15, -0.1) is 0 Å². The molecule has 0 aromatic carbocycles. The van der Waals surface area contributed by atoms with Gasteiger partial charge in [0.15, 0.2) is 0 Å². The van der Waals surface area contributed by atoms with Gasteiger partial charge in [0, 0.05) is 38.2 Å². The summed E-state index contributed by atoms with van der Waals surface area (Å²) < 4.78 is 1.82. The van der Waals surface area contributed by atoms with Crippen molar-refractivity contribution in [3.63, 3.8) is 0 Å². The van der Waals surface area contributed by atoms with E-state index < -0.39 is 0 Å². The van der Waals surface area contributed by atoms with Crippen LogP contribution in [0.2, 0.25) is 0 Å². The topological polar surface area (TPSA) is 85.0 Å². The van der Waals surface area contributed by atoms with Gasteiger partial charge >= 0.3 is 0 Å². The molecule has 1 unspecified atom stereocenters. The van der Waals surface area contributed by atoms with Crippen molar-refractivity contribution in [3.05, 3.63) is 17.0 Å². The minimum Gasteiger partial charge on any atom is -0.368 e. The number of hydrogen-bond acceptors (Lipinski definition) is 4. The van der Waals surface area contributed by atoms with Gasteiger partial charge in [0.1, 0.15) is 6.04 Å². The van der Waals surface area contributed by atoms with Crippen LogP contribution in [-0.4, -0.2) is 28.8 Å². The maximum Gasteiger partial charge on any atom is 0.243 e. The highest BCUT2D eigenvalue weighted by atomic mass is 16.1. The number of carbonyl (C=O) groups is 1. The van der Waals surface area contributed by atoms with Crippen LogP contribution in [0.25, 0.3) is 0 Å². The lowest BCUT2D eigenvalue weighted by Gasteiger charge is -2.23. The second-order valence-electron chi connectivity index (χ2n) is 4.29. The Bertz CT molecular complexity index is 439. The molecule has 3 rings (SSSR count). The zero-order valence-corrected chi connectivity index (χ0v) is 8.99. The minimum absolute atomic E-state index is 0.318. The standard InChI is InChI=1S/C10H15N5O/c11-10(16)9-5-13-4-8-6-3-12-2-1-7(6)14-15(8)9/h9,12-13H,1-5H2,(H2,11,16). The second-order valence-corrected chi connectivity index (χ2v) is 4.29. The van der Waals surface area contributed by atoms with Gasteiger partial charge in [-0.3, -0.25) is 9.48 Å². The number of aromatic nitrogens is 2. The monoisotopic (exact) mass is 221 g/mol. The van der Waals surface area contributed by atoms with Crippen molar-refractivity contribution in [1.29, 1.82) is 0 Å². The molecule has 3 heterocycles. The fourth-order valence-electron chi connectivity index (χ4n) is 2.46. The number of nitrogens with two attached hydrogens (primary N) is 1. The van der Waals surface area contributed by atoms with Crippen molar-refractivity contribution < 1.29 is 4.79 Å². The van der Waals surface area contributed by atoms with Crippen LogP contribution in [0.15, 0.2) is 0 Å². The molecule has 2 aliphatic heterocycles. The first-order chi connectivity index (χ1) is 7.77. The van der Waals surface area contributed by atoms with Crippen molar-refractivity contribution in [3.8, 4) is 0 Å². The van der Waals surface area contributed by atoms with Gasteiger partial charge in [0.2, 0.25) is 5.91 Å². The van der Waals surface area contributed by atoms with E-state index in [2.05, 4.69) is 15.7 Å². The lowest BCUT2D eigenvalue weighted by Crippen LogP contribution is -2.41. The van der Waals surface area contributed by atoms with E-state index in [1.807, 2.05) is 4.68 Å². The van der Waals surface area contributed by atoms with Crippen LogP contribution in [0.5, 0.6) is 0 Å². The van der Waals surface area contributed by atoms with E-state index in [1.165, 1.54) is 5.56 Å². The van der Waals surface area contributed by atoms with Gasteiger partial charge in [-0.05, 0) is 0 Å².